The van der Waals surface area contributed by atoms with Gasteiger partial charge in [-0.2, -0.15) is 13.2 Å². The molecule has 0 saturated heterocycles. The van der Waals surface area contributed by atoms with E-state index in [2.05, 4.69) is 5.32 Å². The Morgan fingerprint density at radius 3 is 2.33 bits per heavy atom. The van der Waals surface area contributed by atoms with Gasteiger partial charge in [-0.05, 0) is 18.8 Å². The van der Waals surface area contributed by atoms with Gasteiger partial charge in [0.05, 0.1) is 12.6 Å². The molecule has 0 aromatic carbocycles. The number of rotatable bonds is 4. The standard InChI is InChI=1S/C9H15F3N2O/c10-9(11,12)5-14-7(8(13)15)6-3-1-2-4-6/h6-7,14H,1-5H2,(H2,13,15). The van der Waals surface area contributed by atoms with Gasteiger partial charge in [0.2, 0.25) is 5.91 Å². The Morgan fingerprint density at radius 1 is 1.40 bits per heavy atom. The minimum atomic E-state index is -4.30. The summed E-state index contributed by atoms with van der Waals surface area (Å²) in [5.74, 6) is -0.726. The largest absolute Gasteiger partial charge is 0.401 e. The molecular formula is C9H15F3N2O. The van der Waals surface area contributed by atoms with Crippen molar-refractivity contribution in [3.05, 3.63) is 0 Å². The lowest BCUT2D eigenvalue weighted by Gasteiger charge is -2.22. The second-order valence-corrected chi connectivity index (χ2v) is 3.92. The number of halogens is 3. The van der Waals surface area contributed by atoms with Crippen molar-refractivity contribution >= 4 is 5.91 Å². The Labute approximate surface area is 86.2 Å². The molecule has 3 N–H and O–H groups in total. The Hall–Kier alpha value is -0.780. The van der Waals surface area contributed by atoms with Gasteiger partial charge in [0.1, 0.15) is 0 Å². The molecule has 1 atom stereocenters. The molecule has 1 unspecified atom stereocenters. The monoisotopic (exact) mass is 224 g/mol. The summed E-state index contributed by atoms with van der Waals surface area (Å²) in [4.78, 5) is 11.0. The van der Waals surface area contributed by atoms with Gasteiger partial charge in [-0.1, -0.05) is 12.8 Å². The van der Waals surface area contributed by atoms with Crippen molar-refractivity contribution in [1.82, 2.24) is 5.32 Å². The van der Waals surface area contributed by atoms with Crippen molar-refractivity contribution in [3.8, 4) is 0 Å². The van der Waals surface area contributed by atoms with E-state index < -0.39 is 24.7 Å². The summed E-state index contributed by atoms with van der Waals surface area (Å²) >= 11 is 0. The van der Waals surface area contributed by atoms with E-state index in [4.69, 9.17) is 5.73 Å². The highest BCUT2D eigenvalue weighted by atomic mass is 19.4. The van der Waals surface area contributed by atoms with Gasteiger partial charge in [0.25, 0.3) is 0 Å². The molecule has 1 amide bonds. The van der Waals surface area contributed by atoms with Crippen LogP contribution in [0.25, 0.3) is 0 Å². The summed E-state index contributed by atoms with van der Waals surface area (Å²) in [7, 11) is 0. The second kappa shape index (κ2) is 4.83. The molecule has 0 heterocycles. The lowest BCUT2D eigenvalue weighted by molar-refractivity contribution is -0.132. The quantitative estimate of drug-likeness (QED) is 0.753. The molecule has 1 fully saturated rings. The van der Waals surface area contributed by atoms with Crippen LogP contribution in [-0.2, 0) is 4.79 Å². The predicted molar refractivity (Wildman–Crippen MR) is 49.0 cm³/mol. The van der Waals surface area contributed by atoms with E-state index in [0.29, 0.717) is 0 Å². The maximum Gasteiger partial charge on any atom is 0.401 e. The number of primary amides is 1. The summed E-state index contributed by atoms with van der Waals surface area (Å²) in [6, 6.07) is -0.839. The molecule has 0 aromatic heterocycles. The van der Waals surface area contributed by atoms with Crippen molar-refractivity contribution in [2.45, 2.75) is 37.9 Å². The molecule has 3 nitrogen and oxygen atoms in total. The third-order valence-corrected chi connectivity index (χ3v) is 2.70. The van der Waals surface area contributed by atoms with Crippen molar-refractivity contribution in [3.63, 3.8) is 0 Å². The first-order valence-electron chi connectivity index (χ1n) is 4.99. The van der Waals surface area contributed by atoms with Crippen LogP contribution in [0.2, 0.25) is 0 Å². The molecule has 0 aliphatic heterocycles. The molecule has 1 rings (SSSR count). The summed E-state index contributed by atoms with van der Waals surface area (Å²) < 4.78 is 35.9. The minimum Gasteiger partial charge on any atom is -0.368 e. The van der Waals surface area contributed by atoms with E-state index in [1.807, 2.05) is 0 Å². The molecule has 88 valence electrons. The number of hydrogen-bond acceptors (Lipinski definition) is 2. The van der Waals surface area contributed by atoms with E-state index in [1.54, 1.807) is 0 Å². The highest BCUT2D eigenvalue weighted by Crippen LogP contribution is 2.28. The molecule has 15 heavy (non-hydrogen) atoms. The van der Waals surface area contributed by atoms with Crippen molar-refractivity contribution in [2.24, 2.45) is 11.7 Å². The summed E-state index contributed by atoms with van der Waals surface area (Å²) in [5.41, 5.74) is 5.08. The van der Waals surface area contributed by atoms with Crippen molar-refractivity contribution in [2.75, 3.05) is 6.54 Å². The highest BCUT2D eigenvalue weighted by Gasteiger charge is 2.33. The number of carbonyl (C=O) groups excluding carboxylic acids is 1. The summed E-state index contributed by atoms with van der Waals surface area (Å²) in [6.07, 6.45) is -0.826. The van der Waals surface area contributed by atoms with Crippen LogP contribution in [0.4, 0.5) is 13.2 Å². The van der Waals surface area contributed by atoms with Crippen LogP contribution in [-0.4, -0.2) is 24.7 Å². The Bertz CT molecular complexity index is 224. The number of nitrogens with two attached hydrogens (primary N) is 1. The first kappa shape index (κ1) is 12.3. The van der Waals surface area contributed by atoms with Gasteiger partial charge < -0.3 is 5.73 Å². The molecule has 1 aliphatic carbocycles. The van der Waals surface area contributed by atoms with Crippen LogP contribution in [0, 0.1) is 5.92 Å². The Morgan fingerprint density at radius 2 is 1.93 bits per heavy atom. The van der Waals surface area contributed by atoms with Crippen LogP contribution in [0.15, 0.2) is 0 Å². The molecule has 6 heteroatoms. The van der Waals surface area contributed by atoms with Gasteiger partial charge in [0, 0.05) is 0 Å². The fourth-order valence-electron chi connectivity index (χ4n) is 2.02. The van der Waals surface area contributed by atoms with Crippen molar-refractivity contribution < 1.29 is 18.0 Å². The summed E-state index contributed by atoms with van der Waals surface area (Å²) in [5, 5.41) is 2.20. The second-order valence-electron chi connectivity index (χ2n) is 3.92. The van der Waals surface area contributed by atoms with Gasteiger partial charge >= 0.3 is 6.18 Å². The van der Waals surface area contributed by atoms with Gasteiger partial charge in [-0.3, -0.25) is 10.1 Å². The average Bonchev–Trinajstić information content (AvgIpc) is 2.54. The number of alkyl halides is 3. The zero-order valence-corrected chi connectivity index (χ0v) is 8.31. The van der Waals surface area contributed by atoms with Crippen LogP contribution in [0.3, 0.4) is 0 Å². The fourth-order valence-corrected chi connectivity index (χ4v) is 2.02. The SMILES string of the molecule is NC(=O)C(NCC(F)(F)F)C1CCCC1. The third kappa shape index (κ3) is 4.07. The van der Waals surface area contributed by atoms with Crippen LogP contribution >= 0.6 is 0 Å². The van der Waals surface area contributed by atoms with E-state index in [-0.39, 0.29) is 5.92 Å². The lowest BCUT2D eigenvalue weighted by Crippen LogP contribution is -2.48. The highest BCUT2D eigenvalue weighted by molar-refractivity contribution is 5.80. The van der Waals surface area contributed by atoms with E-state index in [0.717, 1.165) is 25.7 Å². The predicted octanol–water partition coefficient (Wildman–Crippen LogP) is 1.18. The first-order chi connectivity index (χ1) is 6.90. The lowest BCUT2D eigenvalue weighted by atomic mass is 9.97. The molecule has 0 bridgehead atoms. The van der Waals surface area contributed by atoms with Gasteiger partial charge in [-0.25, -0.2) is 0 Å². The number of amides is 1. The maximum atomic E-state index is 12.0. The number of nitrogens with one attached hydrogen (secondary N) is 1. The van der Waals surface area contributed by atoms with Gasteiger partial charge in [0.15, 0.2) is 0 Å². The molecule has 0 radical (unpaired) electrons. The zero-order chi connectivity index (χ0) is 11.5. The zero-order valence-electron chi connectivity index (χ0n) is 8.31. The number of hydrogen-bond donors (Lipinski definition) is 2. The normalized spacial score (nSPS) is 20.5. The third-order valence-electron chi connectivity index (χ3n) is 2.70. The molecule has 1 saturated carbocycles. The molecule has 0 aromatic rings. The van der Waals surface area contributed by atoms with E-state index >= 15 is 0 Å². The van der Waals surface area contributed by atoms with Crippen LogP contribution in [0.5, 0.6) is 0 Å². The molecule has 0 spiro atoms. The summed E-state index contributed by atoms with van der Waals surface area (Å²) in [6.45, 7) is -1.16. The number of carbonyl (C=O) groups is 1. The Balaban J connectivity index is 2.47. The first-order valence-corrected chi connectivity index (χ1v) is 4.99. The topological polar surface area (TPSA) is 55.1 Å². The van der Waals surface area contributed by atoms with Crippen LogP contribution in [0.1, 0.15) is 25.7 Å². The van der Waals surface area contributed by atoms with Crippen molar-refractivity contribution in [1.29, 1.82) is 0 Å². The molecular weight excluding hydrogens is 209 g/mol. The Kier molecular flexibility index (Phi) is 3.96. The van der Waals surface area contributed by atoms with E-state index in [1.165, 1.54) is 0 Å². The average molecular weight is 224 g/mol. The van der Waals surface area contributed by atoms with Crippen LogP contribution < -0.4 is 11.1 Å². The smallest absolute Gasteiger partial charge is 0.368 e. The minimum absolute atomic E-state index is 0.0372. The maximum absolute atomic E-state index is 12.0. The van der Waals surface area contributed by atoms with Gasteiger partial charge in [-0.15, -0.1) is 0 Å². The molecule has 1 aliphatic rings. The fraction of sp³-hybridized carbons (Fsp3) is 0.889. The van der Waals surface area contributed by atoms with E-state index in [9.17, 15) is 18.0 Å².